The van der Waals surface area contributed by atoms with Crippen molar-refractivity contribution in [3.05, 3.63) is 27.4 Å². The van der Waals surface area contributed by atoms with Crippen molar-refractivity contribution in [1.82, 2.24) is 4.98 Å². The average molecular weight is 278 g/mol. The molecular formula is C7H4F2N4O4S. The number of hydrogen-bond donors (Lipinski definition) is 1. The molecule has 0 saturated heterocycles. The van der Waals surface area contributed by atoms with E-state index in [0.29, 0.717) is 6.07 Å². The van der Waals surface area contributed by atoms with E-state index in [0.717, 1.165) is 0 Å². The van der Waals surface area contributed by atoms with Crippen LogP contribution in [0.1, 0.15) is 17.7 Å². The quantitative estimate of drug-likeness (QED) is 0.628. The highest BCUT2D eigenvalue weighted by Gasteiger charge is 2.31. The van der Waals surface area contributed by atoms with E-state index in [1.165, 1.54) is 6.07 Å². The number of halogens is 2. The highest BCUT2D eigenvalue weighted by Crippen LogP contribution is 2.29. The summed E-state index contributed by atoms with van der Waals surface area (Å²) < 4.78 is 46.9. The number of sulfonamides is 1. The second-order valence-electron chi connectivity index (χ2n) is 2.96. The number of primary sulfonamides is 1. The number of rotatable bonds is 3. The molecule has 1 heterocycles. The summed E-state index contributed by atoms with van der Waals surface area (Å²) in [6, 6.07) is 1.69. The van der Waals surface area contributed by atoms with Crippen LogP contribution in [0.5, 0.6) is 0 Å². The first kappa shape index (κ1) is 13.9. The van der Waals surface area contributed by atoms with Crippen LogP contribution in [0.4, 0.5) is 14.5 Å². The lowest BCUT2D eigenvalue weighted by atomic mass is 10.2. The molecule has 96 valence electrons. The van der Waals surface area contributed by atoms with Crippen LogP contribution in [0.25, 0.3) is 0 Å². The zero-order valence-corrected chi connectivity index (χ0v) is 9.19. The minimum atomic E-state index is -4.70. The van der Waals surface area contributed by atoms with Gasteiger partial charge in [-0.15, -0.1) is 0 Å². The van der Waals surface area contributed by atoms with Gasteiger partial charge in [-0.3, -0.25) is 10.1 Å². The first-order valence-electron chi connectivity index (χ1n) is 4.09. The third kappa shape index (κ3) is 2.55. The van der Waals surface area contributed by atoms with Crippen LogP contribution in [0.3, 0.4) is 0 Å². The third-order valence-corrected chi connectivity index (χ3v) is 2.60. The summed E-state index contributed by atoms with van der Waals surface area (Å²) in [6.07, 6.45) is -3.20. The van der Waals surface area contributed by atoms with Gasteiger partial charge in [0.05, 0.1) is 4.92 Å². The Morgan fingerprint density at radius 1 is 1.56 bits per heavy atom. The third-order valence-electron chi connectivity index (χ3n) is 1.78. The molecular weight excluding hydrogens is 274 g/mol. The number of alkyl halides is 2. The van der Waals surface area contributed by atoms with E-state index < -0.39 is 43.3 Å². The molecule has 0 bridgehead atoms. The van der Waals surface area contributed by atoms with Crippen molar-refractivity contribution in [2.24, 2.45) is 5.14 Å². The van der Waals surface area contributed by atoms with E-state index in [1.807, 2.05) is 0 Å². The maximum atomic E-state index is 12.4. The number of nitrogens with zero attached hydrogens (tertiary/aromatic N) is 3. The molecule has 0 aliphatic rings. The lowest BCUT2D eigenvalue weighted by Crippen LogP contribution is -2.18. The number of hydrogen-bond acceptors (Lipinski definition) is 6. The molecule has 18 heavy (non-hydrogen) atoms. The molecule has 11 heteroatoms. The summed E-state index contributed by atoms with van der Waals surface area (Å²) in [7, 11) is -4.70. The van der Waals surface area contributed by atoms with E-state index in [4.69, 9.17) is 5.26 Å². The Bertz CT molecular complexity index is 652. The Hall–Kier alpha value is -2.19. The fraction of sp³-hybridized carbons (Fsp3) is 0.143. The second-order valence-corrected chi connectivity index (χ2v) is 4.44. The monoisotopic (exact) mass is 278 g/mol. The molecule has 0 aromatic carbocycles. The van der Waals surface area contributed by atoms with Crippen molar-refractivity contribution in [2.45, 2.75) is 11.5 Å². The molecule has 0 fully saturated rings. The Morgan fingerprint density at radius 2 is 2.11 bits per heavy atom. The zero-order chi connectivity index (χ0) is 14.1. The van der Waals surface area contributed by atoms with Crippen LogP contribution in [0.2, 0.25) is 0 Å². The van der Waals surface area contributed by atoms with E-state index in [-0.39, 0.29) is 0 Å². The van der Waals surface area contributed by atoms with Gasteiger partial charge in [-0.05, 0) is 6.07 Å². The zero-order valence-electron chi connectivity index (χ0n) is 8.37. The Labute approximate surface area is 98.9 Å². The molecule has 0 atom stereocenters. The van der Waals surface area contributed by atoms with Crippen LogP contribution in [0.15, 0.2) is 11.1 Å². The molecule has 1 aromatic rings. The van der Waals surface area contributed by atoms with Crippen LogP contribution >= 0.6 is 0 Å². The van der Waals surface area contributed by atoms with Crippen molar-refractivity contribution >= 4 is 15.7 Å². The van der Waals surface area contributed by atoms with Crippen LogP contribution < -0.4 is 5.14 Å². The summed E-state index contributed by atoms with van der Waals surface area (Å²) in [6.45, 7) is 0. The van der Waals surface area contributed by atoms with Gasteiger partial charge in [0.1, 0.15) is 17.3 Å². The smallest absolute Gasteiger partial charge is 0.258 e. The van der Waals surface area contributed by atoms with E-state index in [2.05, 4.69) is 10.1 Å². The van der Waals surface area contributed by atoms with Crippen molar-refractivity contribution in [3.8, 4) is 6.07 Å². The van der Waals surface area contributed by atoms with Crippen LogP contribution in [-0.2, 0) is 10.0 Å². The van der Waals surface area contributed by atoms with Gasteiger partial charge < -0.3 is 0 Å². The number of aromatic nitrogens is 1. The van der Waals surface area contributed by atoms with Crippen LogP contribution in [0, 0.1) is 21.4 Å². The van der Waals surface area contributed by atoms with Gasteiger partial charge in [0.25, 0.3) is 21.5 Å². The second kappa shape index (κ2) is 4.59. The molecule has 0 unspecified atom stereocenters. The van der Waals surface area contributed by atoms with E-state index in [9.17, 15) is 27.3 Å². The first-order valence-corrected chi connectivity index (χ1v) is 5.63. The van der Waals surface area contributed by atoms with Crippen molar-refractivity contribution in [1.29, 1.82) is 5.26 Å². The van der Waals surface area contributed by atoms with Gasteiger partial charge in [-0.25, -0.2) is 27.3 Å². The van der Waals surface area contributed by atoms with Gasteiger partial charge in [0, 0.05) is 0 Å². The molecule has 0 aliphatic carbocycles. The summed E-state index contributed by atoms with van der Waals surface area (Å²) in [4.78, 5) is 12.3. The van der Waals surface area contributed by atoms with Gasteiger partial charge in [0.2, 0.25) is 0 Å². The highest BCUT2D eigenvalue weighted by atomic mass is 32.2. The van der Waals surface area contributed by atoms with Crippen LogP contribution in [-0.4, -0.2) is 18.3 Å². The molecule has 0 amide bonds. The fourth-order valence-electron chi connectivity index (χ4n) is 1.11. The molecule has 8 nitrogen and oxygen atoms in total. The normalized spacial score (nSPS) is 11.3. The molecule has 1 rings (SSSR count). The van der Waals surface area contributed by atoms with Gasteiger partial charge in [-0.1, -0.05) is 0 Å². The largest absolute Gasteiger partial charge is 0.325 e. The number of nitro groups is 1. The van der Waals surface area contributed by atoms with E-state index in [1.54, 1.807) is 0 Å². The number of nitrogens with two attached hydrogens (primary N) is 1. The highest BCUT2D eigenvalue weighted by molar-refractivity contribution is 7.89. The summed E-state index contributed by atoms with van der Waals surface area (Å²) >= 11 is 0. The van der Waals surface area contributed by atoms with Gasteiger partial charge in [-0.2, -0.15) is 5.26 Å². The molecule has 2 N–H and O–H groups in total. The first-order chi connectivity index (χ1) is 8.18. The number of pyridine rings is 1. The standard InChI is InChI=1S/C7H4F2N4O4S/c8-6(9)4-1-3(2-10)5(13(14)15)7(12-4)18(11,16)17/h1,6H,(H2,11,16,17). The van der Waals surface area contributed by atoms with Gasteiger partial charge in [0.15, 0.2) is 0 Å². The topological polar surface area (TPSA) is 140 Å². The molecule has 0 aliphatic heterocycles. The predicted molar refractivity (Wildman–Crippen MR) is 51.9 cm³/mol. The lowest BCUT2D eigenvalue weighted by molar-refractivity contribution is -0.388. The van der Waals surface area contributed by atoms with Crippen molar-refractivity contribution in [3.63, 3.8) is 0 Å². The maximum Gasteiger partial charge on any atom is 0.325 e. The van der Waals surface area contributed by atoms with Crippen molar-refractivity contribution in [2.75, 3.05) is 0 Å². The Balaban J connectivity index is 3.81. The summed E-state index contributed by atoms with van der Waals surface area (Å²) in [5.74, 6) is 0. The SMILES string of the molecule is N#Cc1cc(C(F)F)nc(S(N)(=O)=O)c1[N+](=O)[O-]. The predicted octanol–water partition coefficient (Wildman–Crippen LogP) is 0.446. The minimum Gasteiger partial charge on any atom is -0.258 e. The van der Waals surface area contributed by atoms with E-state index >= 15 is 0 Å². The Kier molecular flexibility index (Phi) is 3.54. The number of nitriles is 1. The molecule has 0 radical (unpaired) electrons. The molecule has 1 aromatic heterocycles. The summed E-state index contributed by atoms with van der Waals surface area (Å²) in [5, 5.41) is 22.5. The average Bonchev–Trinajstić information content (AvgIpc) is 2.25. The summed E-state index contributed by atoms with van der Waals surface area (Å²) in [5.41, 5.74) is -3.15. The van der Waals surface area contributed by atoms with Crippen molar-refractivity contribution < 1.29 is 22.1 Å². The van der Waals surface area contributed by atoms with Gasteiger partial charge >= 0.3 is 5.69 Å². The molecule has 0 spiro atoms. The lowest BCUT2D eigenvalue weighted by Gasteiger charge is -2.04. The minimum absolute atomic E-state index is 0.442. The fourth-order valence-corrected chi connectivity index (χ4v) is 1.79. The Morgan fingerprint density at radius 3 is 2.44 bits per heavy atom. The molecule has 0 saturated carbocycles. The maximum absolute atomic E-state index is 12.4.